The van der Waals surface area contributed by atoms with E-state index in [4.69, 9.17) is 4.43 Å². The van der Waals surface area contributed by atoms with E-state index >= 15 is 0 Å². The van der Waals surface area contributed by atoms with Crippen LogP contribution in [-0.4, -0.2) is 20.9 Å². The first-order chi connectivity index (χ1) is 12.5. The van der Waals surface area contributed by atoms with Crippen molar-refractivity contribution in [1.82, 2.24) is 0 Å². The van der Waals surface area contributed by atoms with Gasteiger partial charge in [-0.3, -0.25) is 0 Å². The van der Waals surface area contributed by atoms with Crippen molar-refractivity contribution in [3.63, 3.8) is 0 Å². The van der Waals surface area contributed by atoms with Gasteiger partial charge in [0.25, 0.3) is 9.04 Å². The van der Waals surface area contributed by atoms with Gasteiger partial charge in [0.05, 0.1) is 5.60 Å². The minimum Gasteiger partial charge on any atom is -0.401 e. The van der Waals surface area contributed by atoms with Crippen molar-refractivity contribution in [3.05, 3.63) is 60.2 Å². The van der Waals surface area contributed by atoms with Crippen LogP contribution >= 0.6 is 0 Å². The Morgan fingerprint density at radius 1 is 1.04 bits per heavy atom. The van der Waals surface area contributed by atoms with Crippen LogP contribution in [0.2, 0.25) is 0 Å². The molecule has 0 amide bonds. The van der Waals surface area contributed by atoms with Gasteiger partial charge in [-0.25, -0.2) is 0 Å². The summed E-state index contributed by atoms with van der Waals surface area (Å²) in [6.07, 6.45) is 4.48. The smallest absolute Gasteiger partial charge is 0.283 e. The molecule has 3 atom stereocenters. The van der Waals surface area contributed by atoms with Gasteiger partial charge in [0.1, 0.15) is 6.29 Å². The molecule has 1 radical (unpaired) electrons. The largest absolute Gasteiger partial charge is 0.401 e. The molecule has 0 bridgehead atoms. The van der Waals surface area contributed by atoms with Gasteiger partial charge >= 0.3 is 0 Å². The molecule has 26 heavy (non-hydrogen) atoms. The first kappa shape index (κ1) is 17.7. The number of hydrogen-bond donors (Lipinski definition) is 0. The van der Waals surface area contributed by atoms with Gasteiger partial charge in [-0.15, -0.1) is 0 Å². The molecule has 2 aromatic rings. The summed E-state index contributed by atoms with van der Waals surface area (Å²) in [5, 5.41) is 2.53. The van der Waals surface area contributed by atoms with Gasteiger partial charge in [0, 0.05) is 5.92 Å². The molecular formula is C23H27O2Si. The maximum atomic E-state index is 11.5. The van der Waals surface area contributed by atoms with E-state index < -0.39 is 9.04 Å². The van der Waals surface area contributed by atoms with Gasteiger partial charge in [-0.2, -0.15) is 0 Å². The Bertz CT molecular complexity index is 778. The number of hydrogen-bond acceptors (Lipinski definition) is 2. The lowest BCUT2D eigenvalue weighted by atomic mass is 9.87. The molecule has 0 aliphatic heterocycles. The van der Waals surface area contributed by atoms with Crippen molar-refractivity contribution < 1.29 is 9.22 Å². The van der Waals surface area contributed by atoms with Crippen molar-refractivity contribution >= 4 is 25.7 Å². The fourth-order valence-electron chi connectivity index (χ4n) is 4.49. The molecule has 2 aliphatic carbocycles. The fourth-order valence-corrected chi connectivity index (χ4v) is 6.79. The van der Waals surface area contributed by atoms with E-state index in [1.54, 1.807) is 0 Å². The second kappa shape index (κ2) is 6.47. The number of carbonyl (C=O) groups is 1. The molecule has 135 valence electrons. The fraction of sp³-hybridized carbons (Fsp3) is 0.435. The highest BCUT2D eigenvalue weighted by molar-refractivity contribution is 6.80. The van der Waals surface area contributed by atoms with Crippen LogP contribution in [0.15, 0.2) is 54.6 Å². The van der Waals surface area contributed by atoms with Crippen LogP contribution in [0, 0.1) is 11.8 Å². The average molecular weight is 364 g/mol. The van der Waals surface area contributed by atoms with E-state index in [0.717, 1.165) is 19.1 Å². The van der Waals surface area contributed by atoms with E-state index in [1.165, 1.54) is 22.4 Å². The lowest BCUT2D eigenvalue weighted by Crippen LogP contribution is -2.48. The zero-order valence-electron chi connectivity index (χ0n) is 15.9. The molecule has 2 aliphatic rings. The van der Waals surface area contributed by atoms with Gasteiger partial charge in [0.15, 0.2) is 0 Å². The Kier molecular flexibility index (Phi) is 4.40. The Balaban J connectivity index is 1.67. The Labute approximate surface area is 158 Å². The van der Waals surface area contributed by atoms with Crippen LogP contribution in [0.25, 0.3) is 0 Å². The van der Waals surface area contributed by atoms with Crippen molar-refractivity contribution in [3.8, 4) is 0 Å². The van der Waals surface area contributed by atoms with Crippen molar-refractivity contribution in [1.29, 1.82) is 0 Å². The van der Waals surface area contributed by atoms with Crippen LogP contribution in [0.3, 0.4) is 0 Å². The number of fused-ring (bicyclic) bond motifs is 1. The lowest BCUT2D eigenvalue weighted by molar-refractivity contribution is -0.110. The summed E-state index contributed by atoms with van der Waals surface area (Å²) >= 11 is 0. The molecule has 2 saturated carbocycles. The average Bonchev–Trinajstić information content (AvgIpc) is 3.03. The highest BCUT2D eigenvalue weighted by Gasteiger charge is 2.68. The molecule has 3 heteroatoms. The Morgan fingerprint density at radius 3 is 2.27 bits per heavy atom. The van der Waals surface area contributed by atoms with Crippen molar-refractivity contribution in [2.24, 2.45) is 11.8 Å². The number of rotatable bonds is 5. The first-order valence-electron chi connectivity index (χ1n) is 9.63. The Morgan fingerprint density at radius 2 is 1.69 bits per heavy atom. The van der Waals surface area contributed by atoms with Crippen LogP contribution in [0.4, 0.5) is 0 Å². The minimum absolute atomic E-state index is 0.105. The maximum Gasteiger partial charge on any atom is 0.283 e. The van der Waals surface area contributed by atoms with Crippen LogP contribution in [-0.2, 0) is 14.6 Å². The van der Waals surface area contributed by atoms with E-state index in [0.29, 0.717) is 5.92 Å². The van der Waals surface area contributed by atoms with E-state index in [9.17, 15) is 4.79 Å². The second-order valence-corrected chi connectivity index (χ2v) is 10.8. The highest BCUT2D eigenvalue weighted by Crippen LogP contribution is 2.62. The third kappa shape index (κ3) is 2.97. The molecule has 2 fully saturated rings. The van der Waals surface area contributed by atoms with Crippen LogP contribution < -0.4 is 10.4 Å². The van der Waals surface area contributed by atoms with E-state index in [-0.39, 0.29) is 16.9 Å². The second-order valence-electron chi connectivity index (χ2n) is 8.74. The SMILES string of the molecule is CC(C)(C)c1ccc([Si](OC23CCCC2C3C=O)c2ccccc2)cc1. The number of carbonyl (C=O) groups excluding carboxylic acids is 1. The standard InChI is InChI=1S/C23H27O2Si/c1-22(2,3)17-11-13-19(14-12-17)26(18-8-5-4-6-9-18)25-23-15-7-10-20(23)21(23)16-24/h4-6,8-9,11-14,16,20-21H,7,10,15H2,1-3H3. The van der Waals surface area contributed by atoms with Crippen molar-refractivity contribution in [2.75, 3.05) is 0 Å². The summed E-state index contributed by atoms with van der Waals surface area (Å²) in [4.78, 5) is 11.5. The molecule has 0 spiro atoms. The molecular weight excluding hydrogens is 336 g/mol. The summed E-state index contributed by atoms with van der Waals surface area (Å²) < 4.78 is 6.84. The molecule has 0 N–H and O–H groups in total. The number of benzene rings is 2. The first-order valence-corrected chi connectivity index (χ1v) is 11.0. The predicted molar refractivity (Wildman–Crippen MR) is 107 cm³/mol. The normalized spacial score (nSPS) is 27.4. The zero-order valence-corrected chi connectivity index (χ0v) is 16.9. The maximum absolute atomic E-state index is 11.5. The molecule has 4 rings (SSSR count). The monoisotopic (exact) mass is 363 g/mol. The van der Waals surface area contributed by atoms with Crippen LogP contribution in [0.1, 0.15) is 45.6 Å². The van der Waals surface area contributed by atoms with Crippen molar-refractivity contribution in [2.45, 2.75) is 51.0 Å². The third-order valence-electron chi connectivity index (χ3n) is 6.09. The minimum atomic E-state index is -1.36. The summed E-state index contributed by atoms with van der Waals surface area (Å²) in [6.45, 7) is 6.72. The molecule has 2 aromatic carbocycles. The van der Waals surface area contributed by atoms with E-state index in [1.807, 2.05) is 6.07 Å². The summed E-state index contributed by atoms with van der Waals surface area (Å²) in [7, 11) is -1.36. The topological polar surface area (TPSA) is 26.3 Å². The third-order valence-corrected chi connectivity index (χ3v) is 8.39. The van der Waals surface area contributed by atoms with Gasteiger partial charge in [-0.1, -0.05) is 81.8 Å². The molecule has 2 nitrogen and oxygen atoms in total. The summed E-state index contributed by atoms with van der Waals surface area (Å²) in [6, 6.07) is 19.5. The summed E-state index contributed by atoms with van der Waals surface area (Å²) in [5.74, 6) is 0.548. The molecule has 0 saturated heterocycles. The molecule has 3 unspecified atom stereocenters. The van der Waals surface area contributed by atoms with Crippen LogP contribution in [0.5, 0.6) is 0 Å². The number of aldehydes is 1. The predicted octanol–water partition coefficient (Wildman–Crippen LogP) is 3.47. The zero-order chi connectivity index (χ0) is 18.4. The molecule has 0 aromatic heterocycles. The summed E-state index contributed by atoms with van der Waals surface area (Å²) in [5.41, 5.74) is 1.30. The van der Waals surface area contributed by atoms with Gasteiger partial charge in [-0.05, 0) is 40.1 Å². The quantitative estimate of drug-likeness (QED) is 0.601. The highest BCUT2D eigenvalue weighted by atomic mass is 28.3. The molecule has 0 heterocycles. The van der Waals surface area contributed by atoms with Gasteiger partial charge in [0.2, 0.25) is 0 Å². The Hall–Kier alpha value is -1.71. The van der Waals surface area contributed by atoms with Gasteiger partial charge < -0.3 is 9.22 Å². The lowest BCUT2D eigenvalue weighted by Gasteiger charge is -2.25. The van der Waals surface area contributed by atoms with E-state index in [2.05, 4.69) is 69.3 Å².